The maximum absolute atomic E-state index is 11.1. The van der Waals surface area contributed by atoms with Crippen LogP contribution in [-0.2, 0) is 0 Å². The Labute approximate surface area is 112 Å². The molecule has 0 radical (unpaired) electrons. The highest BCUT2D eigenvalue weighted by Crippen LogP contribution is 2.26. The number of hydrogen-bond acceptors (Lipinski definition) is 1. The van der Waals surface area contributed by atoms with Gasteiger partial charge in [0.15, 0.2) is 6.29 Å². The number of nitrogens with zero attached hydrogens (tertiary/aromatic N) is 1. The molecule has 0 N–H and O–H groups in total. The molecule has 0 fully saturated rings. The minimum atomic E-state index is 0.251. The van der Waals surface area contributed by atoms with Gasteiger partial charge in [-0.2, -0.15) is 0 Å². The van der Waals surface area contributed by atoms with E-state index in [4.69, 9.17) is 0 Å². The van der Waals surface area contributed by atoms with E-state index in [1.165, 1.54) is 5.56 Å². The molecular weight excluding hydrogens is 234 g/mol. The summed E-state index contributed by atoms with van der Waals surface area (Å²) in [7, 11) is 0. The minimum absolute atomic E-state index is 0.251. The van der Waals surface area contributed by atoms with E-state index in [0.717, 1.165) is 22.8 Å². The molecule has 1 atom stereocenters. The van der Waals surface area contributed by atoms with Gasteiger partial charge in [0.1, 0.15) is 0 Å². The second-order valence-electron chi connectivity index (χ2n) is 4.71. The Morgan fingerprint density at radius 2 is 1.79 bits per heavy atom. The molecular formula is C17H15NO. The molecule has 0 amide bonds. The van der Waals surface area contributed by atoms with E-state index >= 15 is 0 Å². The number of carbonyl (C=O) groups excluding carboxylic acids is 1. The summed E-state index contributed by atoms with van der Waals surface area (Å²) in [4.78, 5) is 11.1. The van der Waals surface area contributed by atoms with Gasteiger partial charge in [0.25, 0.3) is 0 Å². The Balaban J connectivity index is 2.14. The number of rotatable bonds is 3. The molecule has 0 bridgehead atoms. The monoisotopic (exact) mass is 249 g/mol. The highest BCUT2D eigenvalue weighted by atomic mass is 16.1. The van der Waals surface area contributed by atoms with Crippen molar-refractivity contribution in [3.63, 3.8) is 0 Å². The second-order valence-corrected chi connectivity index (χ2v) is 4.71. The lowest BCUT2D eigenvalue weighted by atomic mass is 10.1. The van der Waals surface area contributed by atoms with E-state index in [-0.39, 0.29) is 6.04 Å². The van der Waals surface area contributed by atoms with Crippen LogP contribution in [-0.4, -0.2) is 10.9 Å². The minimum Gasteiger partial charge on any atom is -0.340 e. The average Bonchev–Trinajstić information content (AvgIpc) is 2.91. The molecule has 19 heavy (non-hydrogen) atoms. The maximum atomic E-state index is 11.1. The summed E-state index contributed by atoms with van der Waals surface area (Å²) in [6, 6.07) is 18.5. The summed E-state index contributed by atoms with van der Waals surface area (Å²) in [5.41, 5.74) is 3.11. The van der Waals surface area contributed by atoms with E-state index in [2.05, 4.69) is 35.9 Å². The SMILES string of the molecule is CC(c1ccccc1)n1ccc2c(C=O)cccc21. The molecule has 3 rings (SSSR count). The normalized spacial score (nSPS) is 12.5. The van der Waals surface area contributed by atoms with Crippen LogP contribution in [0.25, 0.3) is 10.9 Å². The summed E-state index contributed by atoms with van der Waals surface area (Å²) < 4.78 is 2.21. The Bertz CT molecular complexity index is 712. The first-order valence-corrected chi connectivity index (χ1v) is 6.41. The van der Waals surface area contributed by atoms with Crippen molar-refractivity contribution >= 4 is 17.2 Å². The predicted molar refractivity (Wildman–Crippen MR) is 77.6 cm³/mol. The summed E-state index contributed by atoms with van der Waals surface area (Å²) in [5.74, 6) is 0. The van der Waals surface area contributed by atoms with Gasteiger partial charge in [-0.15, -0.1) is 0 Å². The molecule has 2 nitrogen and oxygen atoms in total. The lowest BCUT2D eigenvalue weighted by molar-refractivity contribution is 0.112. The molecule has 3 aromatic rings. The lowest BCUT2D eigenvalue weighted by Gasteiger charge is -2.15. The Hall–Kier alpha value is -2.35. The Morgan fingerprint density at radius 3 is 2.53 bits per heavy atom. The second kappa shape index (κ2) is 4.73. The molecule has 1 unspecified atom stereocenters. The highest BCUT2D eigenvalue weighted by molar-refractivity contribution is 5.97. The van der Waals surface area contributed by atoms with E-state index in [9.17, 15) is 4.79 Å². The first-order valence-electron chi connectivity index (χ1n) is 6.41. The molecule has 2 heteroatoms. The molecule has 0 aliphatic carbocycles. The Kier molecular flexibility index (Phi) is 2.92. The molecule has 1 aromatic heterocycles. The number of fused-ring (bicyclic) bond motifs is 1. The van der Waals surface area contributed by atoms with E-state index in [0.29, 0.717) is 0 Å². The van der Waals surface area contributed by atoms with Crippen molar-refractivity contribution in [3.8, 4) is 0 Å². The first kappa shape index (κ1) is 11.7. The third kappa shape index (κ3) is 1.95. The van der Waals surface area contributed by atoms with Crippen molar-refractivity contribution in [3.05, 3.63) is 71.9 Å². The molecule has 2 aromatic carbocycles. The van der Waals surface area contributed by atoms with Gasteiger partial charge in [0, 0.05) is 22.7 Å². The molecule has 0 saturated heterocycles. The van der Waals surface area contributed by atoms with E-state index in [1.54, 1.807) is 0 Å². The van der Waals surface area contributed by atoms with Crippen LogP contribution in [0.15, 0.2) is 60.8 Å². The molecule has 0 aliphatic rings. The van der Waals surface area contributed by atoms with Crippen molar-refractivity contribution in [1.29, 1.82) is 0 Å². The number of benzene rings is 2. The summed E-state index contributed by atoms with van der Waals surface area (Å²) in [6.45, 7) is 2.17. The van der Waals surface area contributed by atoms with Crippen LogP contribution < -0.4 is 0 Å². The van der Waals surface area contributed by atoms with Crippen LogP contribution in [0.4, 0.5) is 0 Å². The Morgan fingerprint density at radius 1 is 1.00 bits per heavy atom. The standard InChI is InChI=1S/C17H15NO/c1-13(14-6-3-2-4-7-14)18-11-10-16-15(12-19)8-5-9-17(16)18/h2-13H,1H3. The van der Waals surface area contributed by atoms with Gasteiger partial charge in [-0.25, -0.2) is 0 Å². The molecule has 1 heterocycles. The summed E-state index contributed by atoms with van der Waals surface area (Å²) in [6.07, 6.45) is 2.97. The third-order valence-corrected chi connectivity index (χ3v) is 3.62. The fraction of sp³-hybridized carbons (Fsp3) is 0.118. The van der Waals surface area contributed by atoms with Gasteiger partial charge < -0.3 is 4.57 Å². The van der Waals surface area contributed by atoms with Gasteiger partial charge in [0.05, 0.1) is 6.04 Å². The lowest BCUT2D eigenvalue weighted by Crippen LogP contribution is -2.04. The number of carbonyl (C=O) groups is 1. The smallest absolute Gasteiger partial charge is 0.150 e. The predicted octanol–water partition coefficient (Wildman–Crippen LogP) is 4.06. The van der Waals surface area contributed by atoms with Gasteiger partial charge in [-0.3, -0.25) is 4.79 Å². The van der Waals surface area contributed by atoms with Crippen molar-refractivity contribution in [2.75, 3.05) is 0 Å². The fourth-order valence-electron chi connectivity index (χ4n) is 2.54. The van der Waals surface area contributed by atoms with Crippen LogP contribution in [0.1, 0.15) is 28.9 Å². The first-order chi connectivity index (χ1) is 9.31. The summed E-state index contributed by atoms with van der Waals surface area (Å²) in [5, 5.41) is 1.01. The largest absolute Gasteiger partial charge is 0.340 e. The van der Waals surface area contributed by atoms with Gasteiger partial charge in [-0.05, 0) is 24.6 Å². The van der Waals surface area contributed by atoms with Crippen LogP contribution >= 0.6 is 0 Å². The van der Waals surface area contributed by atoms with E-state index in [1.807, 2.05) is 36.4 Å². The van der Waals surface area contributed by atoms with Crippen molar-refractivity contribution in [2.24, 2.45) is 0 Å². The van der Waals surface area contributed by atoms with Crippen LogP contribution in [0, 0.1) is 0 Å². The molecule has 0 saturated carbocycles. The number of aldehydes is 1. The fourth-order valence-corrected chi connectivity index (χ4v) is 2.54. The van der Waals surface area contributed by atoms with Crippen LogP contribution in [0.3, 0.4) is 0 Å². The molecule has 0 spiro atoms. The van der Waals surface area contributed by atoms with Crippen molar-refractivity contribution < 1.29 is 4.79 Å². The van der Waals surface area contributed by atoms with Crippen LogP contribution in [0.2, 0.25) is 0 Å². The average molecular weight is 249 g/mol. The van der Waals surface area contributed by atoms with Crippen molar-refractivity contribution in [2.45, 2.75) is 13.0 Å². The summed E-state index contributed by atoms with van der Waals surface area (Å²) >= 11 is 0. The molecule has 94 valence electrons. The highest BCUT2D eigenvalue weighted by Gasteiger charge is 2.11. The topological polar surface area (TPSA) is 22.0 Å². The van der Waals surface area contributed by atoms with Crippen molar-refractivity contribution in [1.82, 2.24) is 4.57 Å². The molecule has 0 aliphatic heterocycles. The van der Waals surface area contributed by atoms with E-state index < -0.39 is 0 Å². The zero-order valence-corrected chi connectivity index (χ0v) is 10.8. The van der Waals surface area contributed by atoms with Gasteiger partial charge in [-0.1, -0.05) is 42.5 Å². The number of hydrogen-bond donors (Lipinski definition) is 0. The zero-order valence-electron chi connectivity index (χ0n) is 10.8. The third-order valence-electron chi connectivity index (χ3n) is 3.62. The quantitative estimate of drug-likeness (QED) is 0.641. The van der Waals surface area contributed by atoms with Gasteiger partial charge in [0.2, 0.25) is 0 Å². The number of aromatic nitrogens is 1. The van der Waals surface area contributed by atoms with Crippen LogP contribution in [0.5, 0.6) is 0 Å². The van der Waals surface area contributed by atoms with Gasteiger partial charge >= 0.3 is 0 Å². The zero-order chi connectivity index (χ0) is 13.2. The maximum Gasteiger partial charge on any atom is 0.150 e.